The summed E-state index contributed by atoms with van der Waals surface area (Å²) in [4.78, 5) is 0. The Kier molecular flexibility index (Phi) is 4.50. The van der Waals surface area contributed by atoms with Crippen LogP contribution in [0, 0.1) is 12.7 Å². The van der Waals surface area contributed by atoms with E-state index in [-0.39, 0.29) is 11.9 Å². The summed E-state index contributed by atoms with van der Waals surface area (Å²) in [7, 11) is 0. The van der Waals surface area contributed by atoms with Gasteiger partial charge in [0.25, 0.3) is 0 Å². The van der Waals surface area contributed by atoms with Crippen molar-refractivity contribution in [3.8, 4) is 0 Å². The van der Waals surface area contributed by atoms with Crippen LogP contribution in [0.15, 0.2) is 24.3 Å². The molecule has 0 radical (unpaired) electrons. The maximum atomic E-state index is 13.3. The van der Waals surface area contributed by atoms with Gasteiger partial charge in [0.2, 0.25) is 0 Å². The number of halogens is 1. The van der Waals surface area contributed by atoms with Gasteiger partial charge < -0.3 is 5.32 Å². The standard InChI is InChI=1S/C13H18FN/c1-4-15-11(3)6-7-12-9-10(2)5-8-13(12)14/h5-9,11,15H,4H2,1-3H3/b7-6+. The van der Waals surface area contributed by atoms with Gasteiger partial charge in [0.1, 0.15) is 5.82 Å². The molecule has 0 saturated carbocycles. The molecule has 15 heavy (non-hydrogen) atoms. The van der Waals surface area contributed by atoms with Gasteiger partial charge >= 0.3 is 0 Å². The van der Waals surface area contributed by atoms with E-state index in [0.717, 1.165) is 12.1 Å². The predicted molar refractivity (Wildman–Crippen MR) is 63.3 cm³/mol. The average molecular weight is 207 g/mol. The molecule has 0 aromatic heterocycles. The summed E-state index contributed by atoms with van der Waals surface area (Å²) in [5.74, 6) is -0.166. The zero-order valence-corrected chi connectivity index (χ0v) is 9.55. The molecule has 1 rings (SSSR count). The largest absolute Gasteiger partial charge is 0.311 e. The lowest BCUT2D eigenvalue weighted by Gasteiger charge is -2.06. The summed E-state index contributed by atoms with van der Waals surface area (Å²) < 4.78 is 13.3. The third-order valence-electron chi connectivity index (χ3n) is 2.24. The molecule has 1 unspecified atom stereocenters. The van der Waals surface area contributed by atoms with Crippen molar-refractivity contribution in [3.05, 3.63) is 41.2 Å². The van der Waals surface area contributed by atoms with Gasteiger partial charge in [0, 0.05) is 11.6 Å². The van der Waals surface area contributed by atoms with Crippen molar-refractivity contribution in [2.24, 2.45) is 0 Å². The van der Waals surface area contributed by atoms with Crippen LogP contribution in [-0.4, -0.2) is 12.6 Å². The van der Waals surface area contributed by atoms with Crippen molar-refractivity contribution in [1.82, 2.24) is 5.32 Å². The topological polar surface area (TPSA) is 12.0 Å². The monoisotopic (exact) mass is 207 g/mol. The van der Waals surface area contributed by atoms with Crippen molar-refractivity contribution < 1.29 is 4.39 Å². The van der Waals surface area contributed by atoms with Crippen LogP contribution >= 0.6 is 0 Å². The van der Waals surface area contributed by atoms with Crippen molar-refractivity contribution in [3.63, 3.8) is 0 Å². The molecule has 1 aromatic carbocycles. The van der Waals surface area contributed by atoms with Gasteiger partial charge in [0.15, 0.2) is 0 Å². The van der Waals surface area contributed by atoms with Gasteiger partial charge in [-0.15, -0.1) is 0 Å². The number of hydrogen-bond acceptors (Lipinski definition) is 1. The Morgan fingerprint density at radius 3 is 2.87 bits per heavy atom. The lowest BCUT2D eigenvalue weighted by atomic mass is 10.1. The van der Waals surface area contributed by atoms with E-state index in [0.29, 0.717) is 5.56 Å². The van der Waals surface area contributed by atoms with Gasteiger partial charge in [-0.2, -0.15) is 0 Å². The van der Waals surface area contributed by atoms with E-state index in [2.05, 4.69) is 12.2 Å². The minimum absolute atomic E-state index is 0.166. The molecule has 0 heterocycles. The van der Waals surface area contributed by atoms with Crippen LogP contribution < -0.4 is 5.32 Å². The molecule has 1 atom stereocenters. The zero-order valence-electron chi connectivity index (χ0n) is 9.55. The SMILES string of the molecule is CCNC(C)/C=C/c1cc(C)ccc1F. The molecule has 0 bridgehead atoms. The lowest BCUT2D eigenvalue weighted by Crippen LogP contribution is -2.22. The number of benzene rings is 1. The molecule has 0 saturated heterocycles. The van der Waals surface area contributed by atoms with Crippen LogP contribution in [-0.2, 0) is 0 Å². The lowest BCUT2D eigenvalue weighted by molar-refractivity contribution is 0.624. The highest BCUT2D eigenvalue weighted by Crippen LogP contribution is 2.11. The molecular formula is C13H18FN. The Hall–Kier alpha value is -1.15. The van der Waals surface area contributed by atoms with Crippen LogP contribution in [0.25, 0.3) is 6.08 Å². The molecule has 1 N–H and O–H groups in total. The van der Waals surface area contributed by atoms with Crippen molar-refractivity contribution in [1.29, 1.82) is 0 Å². The van der Waals surface area contributed by atoms with Gasteiger partial charge in [-0.3, -0.25) is 0 Å². The first-order valence-electron chi connectivity index (χ1n) is 5.31. The highest BCUT2D eigenvalue weighted by Gasteiger charge is 1.99. The Labute approximate surface area is 91.0 Å². The third-order valence-corrected chi connectivity index (χ3v) is 2.24. The minimum atomic E-state index is -0.166. The molecular weight excluding hydrogens is 189 g/mol. The van der Waals surface area contributed by atoms with Crippen LogP contribution in [0.2, 0.25) is 0 Å². The smallest absolute Gasteiger partial charge is 0.130 e. The Balaban J connectivity index is 2.75. The molecule has 0 aliphatic rings. The molecule has 0 fully saturated rings. The summed E-state index contributed by atoms with van der Waals surface area (Å²) in [6.45, 7) is 6.98. The minimum Gasteiger partial charge on any atom is -0.311 e. The van der Waals surface area contributed by atoms with Crippen molar-refractivity contribution in [2.75, 3.05) is 6.54 Å². The molecule has 1 nitrogen and oxygen atoms in total. The van der Waals surface area contributed by atoms with Crippen LogP contribution in [0.5, 0.6) is 0 Å². The highest BCUT2D eigenvalue weighted by atomic mass is 19.1. The maximum Gasteiger partial charge on any atom is 0.130 e. The number of hydrogen-bond donors (Lipinski definition) is 1. The summed E-state index contributed by atoms with van der Waals surface area (Å²) in [5.41, 5.74) is 1.73. The summed E-state index contributed by atoms with van der Waals surface area (Å²) in [5, 5.41) is 3.24. The van der Waals surface area contributed by atoms with E-state index in [1.807, 2.05) is 32.1 Å². The fraction of sp³-hybridized carbons (Fsp3) is 0.385. The molecule has 0 aliphatic heterocycles. The van der Waals surface area contributed by atoms with Crippen LogP contribution in [0.4, 0.5) is 4.39 Å². The fourth-order valence-corrected chi connectivity index (χ4v) is 1.43. The fourth-order valence-electron chi connectivity index (χ4n) is 1.43. The normalized spacial score (nSPS) is 13.3. The summed E-state index contributed by atoms with van der Waals surface area (Å²) >= 11 is 0. The third kappa shape index (κ3) is 3.84. The second-order valence-electron chi connectivity index (χ2n) is 3.73. The maximum absolute atomic E-state index is 13.3. The van der Waals surface area contributed by atoms with E-state index in [9.17, 15) is 4.39 Å². The predicted octanol–water partition coefficient (Wildman–Crippen LogP) is 3.15. The van der Waals surface area contributed by atoms with Gasteiger partial charge in [0.05, 0.1) is 0 Å². The average Bonchev–Trinajstić information content (AvgIpc) is 2.20. The summed E-state index contributed by atoms with van der Waals surface area (Å²) in [6, 6.07) is 5.41. The Morgan fingerprint density at radius 2 is 2.20 bits per heavy atom. The number of likely N-dealkylation sites (N-methyl/N-ethyl adjacent to an activating group) is 1. The number of nitrogens with one attached hydrogen (secondary N) is 1. The van der Waals surface area contributed by atoms with Gasteiger partial charge in [-0.25, -0.2) is 4.39 Å². The molecule has 0 amide bonds. The first-order chi connectivity index (χ1) is 7.13. The number of aryl methyl sites for hydroxylation is 1. The molecule has 2 heteroatoms. The molecule has 0 spiro atoms. The molecule has 1 aromatic rings. The van der Waals surface area contributed by atoms with E-state index < -0.39 is 0 Å². The van der Waals surface area contributed by atoms with E-state index in [1.54, 1.807) is 6.07 Å². The van der Waals surface area contributed by atoms with Crippen LogP contribution in [0.3, 0.4) is 0 Å². The summed E-state index contributed by atoms with van der Waals surface area (Å²) in [6.07, 6.45) is 3.80. The quantitative estimate of drug-likeness (QED) is 0.799. The van der Waals surface area contributed by atoms with E-state index in [1.165, 1.54) is 6.07 Å². The van der Waals surface area contributed by atoms with E-state index in [4.69, 9.17) is 0 Å². The van der Waals surface area contributed by atoms with Gasteiger partial charge in [-0.1, -0.05) is 30.7 Å². The molecule has 0 aliphatic carbocycles. The van der Waals surface area contributed by atoms with E-state index >= 15 is 0 Å². The first-order valence-corrected chi connectivity index (χ1v) is 5.31. The number of rotatable bonds is 4. The van der Waals surface area contributed by atoms with Crippen molar-refractivity contribution in [2.45, 2.75) is 26.8 Å². The van der Waals surface area contributed by atoms with Gasteiger partial charge in [-0.05, 0) is 32.5 Å². The second-order valence-corrected chi connectivity index (χ2v) is 3.73. The van der Waals surface area contributed by atoms with Crippen molar-refractivity contribution >= 4 is 6.08 Å². The first kappa shape index (κ1) is 11.9. The molecule has 82 valence electrons. The van der Waals surface area contributed by atoms with Crippen LogP contribution in [0.1, 0.15) is 25.0 Å². The Bertz CT molecular complexity index is 344. The zero-order chi connectivity index (χ0) is 11.3. The Morgan fingerprint density at radius 1 is 1.47 bits per heavy atom. The highest BCUT2D eigenvalue weighted by molar-refractivity contribution is 5.51. The second kappa shape index (κ2) is 5.66.